The van der Waals surface area contributed by atoms with E-state index in [0.717, 1.165) is 17.6 Å². The zero-order chi connectivity index (χ0) is 13.5. The van der Waals surface area contributed by atoms with Crippen molar-refractivity contribution in [1.82, 2.24) is 9.38 Å². The second-order valence-electron chi connectivity index (χ2n) is 4.88. The Morgan fingerprint density at radius 2 is 2.05 bits per heavy atom. The number of imidazole rings is 1. The minimum Gasteiger partial charge on any atom is -0.303 e. The fraction of sp³-hybridized carbons (Fsp3) is 0.385. The van der Waals surface area contributed by atoms with Crippen LogP contribution in [0.1, 0.15) is 34.9 Å². The summed E-state index contributed by atoms with van der Waals surface area (Å²) < 4.78 is 24.8. The highest BCUT2D eigenvalue weighted by Gasteiger charge is 2.27. The number of fused-ring (bicyclic) bond motifs is 1. The lowest BCUT2D eigenvalue weighted by molar-refractivity contribution is 0.112. The molecular formula is C13H14N2O3S. The normalized spacial score (nSPS) is 19.6. The Hall–Kier alpha value is -1.69. The largest absolute Gasteiger partial charge is 0.303 e. The summed E-state index contributed by atoms with van der Waals surface area (Å²) in [6.45, 7) is 0. The maximum atomic E-state index is 11.5. The Labute approximate surface area is 111 Å². The van der Waals surface area contributed by atoms with Crippen LogP contribution in [0, 0.1) is 0 Å². The number of pyridine rings is 1. The molecule has 0 aromatic carbocycles. The molecule has 5 nitrogen and oxygen atoms in total. The Kier molecular flexibility index (Phi) is 2.89. The molecule has 0 radical (unpaired) electrons. The van der Waals surface area contributed by atoms with Crippen molar-refractivity contribution < 1.29 is 13.2 Å². The molecule has 0 atom stereocenters. The van der Waals surface area contributed by atoms with E-state index >= 15 is 0 Å². The number of hydrogen-bond donors (Lipinski definition) is 0. The highest BCUT2D eigenvalue weighted by molar-refractivity contribution is 7.91. The first kappa shape index (κ1) is 12.3. The highest BCUT2D eigenvalue weighted by Crippen LogP contribution is 2.29. The predicted molar refractivity (Wildman–Crippen MR) is 71.2 cm³/mol. The van der Waals surface area contributed by atoms with Crippen LogP contribution in [0.4, 0.5) is 0 Å². The van der Waals surface area contributed by atoms with Gasteiger partial charge >= 0.3 is 0 Å². The van der Waals surface area contributed by atoms with Crippen LogP contribution in [0.2, 0.25) is 0 Å². The molecule has 2 aromatic rings. The molecule has 0 N–H and O–H groups in total. The third kappa shape index (κ3) is 2.16. The SMILES string of the molecule is O=Cc1cccn2c(C3CCS(=O)(=O)CC3)ncc12. The lowest BCUT2D eigenvalue weighted by Crippen LogP contribution is -2.23. The van der Waals surface area contributed by atoms with Gasteiger partial charge in [-0.15, -0.1) is 0 Å². The number of aromatic nitrogens is 2. The van der Waals surface area contributed by atoms with Gasteiger partial charge in [-0.05, 0) is 25.0 Å². The Bertz CT molecular complexity index is 719. The average molecular weight is 278 g/mol. The second-order valence-corrected chi connectivity index (χ2v) is 7.18. The molecule has 19 heavy (non-hydrogen) atoms. The number of nitrogens with zero attached hydrogens (tertiary/aromatic N) is 2. The van der Waals surface area contributed by atoms with Gasteiger partial charge in [0.25, 0.3) is 0 Å². The van der Waals surface area contributed by atoms with E-state index in [9.17, 15) is 13.2 Å². The van der Waals surface area contributed by atoms with Crippen molar-refractivity contribution >= 4 is 21.6 Å². The molecular weight excluding hydrogens is 264 g/mol. The van der Waals surface area contributed by atoms with Crippen LogP contribution in [-0.4, -0.2) is 35.6 Å². The fourth-order valence-electron chi connectivity index (χ4n) is 2.61. The lowest BCUT2D eigenvalue weighted by Gasteiger charge is -2.20. The van der Waals surface area contributed by atoms with Gasteiger partial charge in [-0.1, -0.05) is 0 Å². The second kappa shape index (κ2) is 4.45. The van der Waals surface area contributed by atoms with E-state index in [4.69, 9.17) is 0 Å². The Morgan fingerprint density at radius 1 is 1.32 bits per heavy atom. The Morgan fingerprint density at radius 3 is 2.74 bits per heavy atom. The smallest absolute Gasteiger partial charge is 0.152 e. The van der Waals surface area contributed by atoms with E-state index in [-0.39, 0.29) is 17.4 Å². The number of rotatable bonds is 2. The van der Waals surface area contributed by atoms with E-state index in [2.05, 4.69) is 4.98 Å². The first-order valence-corrected chi connectivity index (χ1v) is 8.04. The van der Waals surface area contributed by atoms with Crippen molar-refractivity contribution in [1.29, 1.82) is 0 Å². The summed E-state index contributed by atoms with van der Waals surface area (Å²) in [4.78, 5) is 15.4. The first-order valence-electron chi connectivity index (χ1n) is 6.22. The van der Waals surface area contributed by atoms with E-state index in [1.807, 2.05) is 16.7 Å². The maximum absolute atomic E-state index is 11.5. The van der Waals surface area contributed by atoms with Crippen molar-refractivity contribution in [3.63, 3.8) is 0 Å². The van der Waals surface area contributed by atoms with Gasteiger partial charge < -0.3 is 4.40 Å². The van der Waals surface area contributed by atoms with Crippen molar-refractivity contribution in [3.8, 4) is 0 Å². The van der Waals surface area contributed by atoms with Gasteiger partial charge in [0.15, 0.2) is 6.29 Å². The molecule has 0 amide bonds. The number of sulfone groups is 1. The number of carbonyl (C=O) groups excluding carboxylic acids is 1. The van der Waals surface area contributed by atoms with Crippen LogP contribution >= 0.6 is 0 Å². The summed E-state index contributed by atoms with van der Waals surface area (Å²) in [5.41, 5.74) is 1.38. The molecule has 0 aliphatic carbocycles. The molecule has 0 saturated carbocycles. The van der Waals surface area contributed by atoms with Crippen molar-refractivity contribution in [3.05, 3.63) is 35.9 Å². The summed E-state index contributed by atoms with van der Waals surface area (Å²) in [5.74, 6) is 1.45. The van der Waals surface area contributed by atoms with Crippen LogP contribution in [-0.2, 0) is 9.84 Å². The van der Waals surface area contributed by atoms with Crippen molar-refractivity contribution in [2.75, 3.05) is 11.5 Å². The molecule has 0 spiro atoms. The van der Waals surface area contributed by atoms with Gasteiger partial charge in [-0.25, -0.2) is 13.4 Å². The molecule has 1 saturated heterocycles. The molecule has 1 aliphatic heterocycles. The molecule has 3 rings (SSSR count). The van der Waals surface area contributed by atoms with Crippen LogP contribution in [0.3, 0.4) is 0 Å². The molecule has 6 heteroatoms. The quantitative estimate of drug-likeness (QED) is 0.779. The van der Waals surface area contributed by atoms with Crippen LogP contribution in [0.25, 0.3) is 5.52 Å². The summed E-state index contributed by atoms with van der Waals surface area (Å²) >= 11 is 0. The molecule has 0 unspecified atom stereocenters. The molecule has 0 bridgehead atoms. The molecule has 3 heterocycles. The predicted octanol–water partition coefficient (Wildman–Crippen LogP) is 1.44. The zero-order valence-corrected chi connectivity index (χ0v) is 11.1. The van der Waals surface area contributed by atoms with Gasteiger partial charge in [0, 0.05) is 17.7 Å². The number of aldehydes is 1. The highest BCUT2D eigenvalue weighted by atomic mass is 32.2. The van der Waals surface area contributed by atoms with Crippen molar-refractivity contribution in [2.45, 2.75) is 18.8 Å². The molecule has 2 aromatic heterocycles. The van der Waals surface area contributed by atoms with Gasteiger partial charge in [0.1, 0.15) is 15.7 Å². The fourth-order valence-corrected chi connectivity index (χ4v) is 4.10. The average Bonchev–Trinajstić information content (AvgIpc) is 2.82. The zero-order valence-electron chi connectivity index (χ0n) is 10.3. The standard InChI is InChI=1S/C13H14N2O3S/c16-9-11-2-1-5-15-12(11)8-14-13(15)10-3-6-19(17,18)7-4-10/h1-2,5,8-10H,3-4,6-7H2. The summed E-state index contributed by atoms with van der Waals surface area (Å²) in [6, 6.07) is 3.56. The van der Waals surface area contributed by atoms with E-state index < -0.39 is 9.84 Å². The van der Waals surface area contributed by atoms with E-state index in [0.29, 0.717) is 18.4 Å². The minimum atomic E-state index is -2.87. The third-order valence-electron chi connectivity index (χ3n) is 3.68. The summed E-state index contributed by atoms with van der Waals surface area (Å²) in [6.07, 6.45) is 5.57. The van der Waals surface area contributed by atoms with Crippen LogP contribution in [0.5, 0.6) is 0 Å². The minimum absolute atomic E-state index is 0.146. The van der Waals surface area contributed by atoms with Crippen LogP contribution in [0.15, 0.2) is 24.5 Å². The first-order chi connectivity index (χ1) is 9.11. The van der Waals surface area contributed by atoms with E-state index in [1.165, 1.54) is 0 Å². The third-order valence-corrected chi connectivity index (χ3v) is 5.39. The lowest BCUT2D eigenvalue weighted by atomic mass is 10.0. The van der Waals surface area contributed by atoms with Crippen molar-refractivity contribution in [2.24, 2.45) is 0 Å². The summed E-state index contributed by atoms with van der Waals surface area (Å²) in [7, 11) is -2.87. The van der Waals surface area contributed by atoms with Gasteiger partial charge in [0.2, 0.25) is 0 Å². The maximum Gasteiger partial charge on any atom is 0.152 e. The number of carbonyl (C=O) groups is 1. The number of hydrogen-bond acceptors (Lipinski definition) is 4. The van der Waals surface area contributed by atoms with Gasteiger partial charge in [0.05, 0.1) is 23.2 Å². The van der Waals surface area contributed by atoms with Crippen LogP contribution < -0.4 is 0 Å². The van der Waals surface area contributed by atoms with Gasteiger partial charge in [-0.3, -0.25) is 4.79 Å². The molecule has 1 fully saturated rings. The molecule has 100 valence electrons. The van der Waals surface area contributed by atoms with E-state index in [1.54, 1.807) is 12.3 Å². The summed E-state index contributed by atoms with van der Waals surface area (Å²) in [5, 5.41) is 0. The van der Waals surface area contributed by atoms with Gasteiger partial charge in [-0.2, -0.15) is 0 Å². The molecule has 1 aliphatic rings. The topological polar surface area (TPSA) is 68.5 Å². The monoisotopic (exact) mass is 278 g/mol. The Balaban J connectivity index is 2.00.